The zero-order valence-corrected chi connectivity index (χ0v) is 10.3. The van der Waals surface area contributed by atoms with E-state index in [1.165, 1.54) is 0 Å². The summed E-state index contributed by atoms with van der Waals surface area (Å²) >= 11 is 0. The van der Waals surface area contributed by atoms with Gasteiger partial charge in [-0.25, -0.2) is 9.97 Å². The summed E-state index contributed by atoms with van der Waals surface area (Å²) in [5.74, 6) is 0.901. The van der Waals surface area contributed by atoms with Crippen molar-refractivity contribution in [2.24, 2.45) is 0 Å². The molecule has 0 spiro atoms. The molecule has 3 N–H and O–H groups in total. The zero-order chi connectivity index (χ0) is 13.0. The van der Waals surface area contributed by atoms with Crippen LogP contribution >= 0.6 is 0 Å². The standard InChI is InChI=1S/C12H15N5O/c1-3-9-6-8(7-10(13-2)16-9)11(18)17-12-14-4-5-15-12/h4-7H,3H2,1-2H3,(H,13,16)(H2,14,15,17,18). The first-order valence-electron chi connectivity index (χ1n) is 5.72. The van der Waals surface area contributed by atoms with E-state index in [9.17, 15) is 4.79 Å². The van der Waals surface area contributed by atoms with Gasteiger partial charge in [-0.2, -0.15) is 0 Å². The minimum absolute atomic E-state index is 0.210. The number of nitrogens with one attached hydrogen (secondary N) is 3. The predicted molar refractivity (Wildman–Crippen MR) is 69.7 cm³/mol. The lowest BCUT2D eigenvalue weighted by molar-refractivity contribution is 0.102. The molecule has 2 rings (SSSR count). The smallest absolute Gasteiger partial charge is 0.258 e. The number of hydrogen-bond acceptors (Lipinski definition) is 4. The first-order chi connectivity index (χ1) is 8.72. The fourth-order valence-electron chi connectivity index (χ4n) is 1.54. The van der Waals surface area contributed by atoms with Crippen LogP contribution in [0.5, 0.6) is 0 Å². The van der Waals surface area contributed by atoms with Crippen molar-refractivity contribution in [2.45, 2.75) is 13.3 Å². The quantitative estimate of drug-likeness (QED) is 0.765. The number of carbonyl (C=O) groups excluding carboxylic acids is 1. The summed E-state index contributed by atoms with van der Waals surface area (Å²) in [5, 5.41) is 5.62. The molecule has 0 unspecified atom stereocenters. The highest BCUT2D eigenvalue weighted by atomic mass is 16.1. The number of hydrogen-bond donors (Lipinski definition) is 3. The Morgan fingerprint density at radius 1 is 1.44 bits per heavy atom. The van der Waals surface area contributed by atoms with Crippen LogP contribution in [-0.4, -0.2) is 27.9 Å². The molecule has 1 amide bonds. The number of amides is 1. The van der Waals surface area contributed by atoms with Crippen molar-refractivity contribution < 1.29 is 4.79 Å². The van der Waals surface area contributed by atoms with Crippen LogP contribution in [0.15, 0.2) is 24.5 Å². The lowest BCUT2D eigenvalue weighted by atomic mass is 10.2. The van der Waals surface area contributed by atoms with Crippen molar-refractivity contribution in [2.75, 3.05) is 17.7 Å². The van der Waals surface area contributed by atoms with Crippen LogP contribution in [0.1, 0.15) is 23.0 Å². The number of aryl methyl sites for hydroxylation is 1. The van der Waals surface area contributed by atoms with Crippen LogP contribution in [0.4, 0.5) is 11.8 Å². The summed E-state index contributed by atoms with van der Waals surface area (Å²) in [6.07, 6.45) is 4.01. The fraction of sp³-hybridized carbons (Fsp3) is 0.250. The maximum Gasteiger partial charge on any atom is 0.258 e. The number of imidazole rings is 1. The zero-order valence-electron chi connectivity index (χ0n) is 10.3. The maximum atomic E-state index is 12.0. The molecular weight excluding hydrogens is 230 g/mol. The van der Waals surface area contributed by atoms with E-state index in [4.69, 9.17) is 0 Å². The molecule has 94 valence electrons. The molecule has 0 radical (unpaired) electrons. The highest BCUT2D eigenvalue weighted by Gasteiger charge is 2.10. The second-order valence-electron chi connectivity index (χ2n) is 3.73. The number of nitrogens with zero attached hydrogens (tertiary/aromatic N) is 2. The van der Waals surface area contributed by atoms with Gasteiger partial charge in [-0.1, -0.05) is 6.92 Å². The monoisotopic (exact) mass is 245 g/mol. The summed E-state index contributed by atoms with van der Waals surface area (Å²) in [6, 6.07) is 3.48. The van der Waals surface area contributed by atoms with E-state index >= 15 is 0 Å². The summed E-state index contributed by atoms with van der Waals surface area (Å²) < 4.78 is 0. The van der Waals surface area contributed by atoms with E-state index < -0.39 is 0 Å². The average Bonchev–Trinajstić information content (AvgIpc) is 2.90. The third-order valence-corrected chi connectivity index (χ3v) is 2.49. The molecule has 0 fully saturated rings. The molecule has 0 aliphatic heterocycles. The summed E-state index contributed by atoms with van der Waals surface area (Å²) in [5.41, 5.74) is 1.43. The Kier molecular flexibility index (Phi) is 3.57. The van der Waals surface area contributed by atoms with Crippen LogP contribution in [-0.2, 0) is 6.42 Å². The first kappa shape index (κ1) is 12.1. The Bertz CT molecular complexity index is 513. The van der Waals surface area contributed by atoms with Crippen molar-refractivity contribution in [1.82, 2.24) is 15.0 Å². The van der Waals surface area contributed by atoms with Crippen LogP contribution < -0.4 is 10.6 Å². The number of aromatic nitrogens is 3. The van der Waals surface area contributed by atoms with Crippen LogP contribution in [0.3, 0.4) is 0 Å². The first-order valence-corrected chi connectivity index (χ1v) is 5.72. The Morgan fingerprint density at radius 3 is 2.89 bits per heavy atom. The van der Waals surface area contributed by atoms with Gasteiger partial charge in [0.05, 0.1) is 0 Å². The van der Waals surface area contributed by atoms with E-state index in [0.29, 0.717) is 17.3 Å². The van der Waals surface area contributed by atoms with Crippen molar-refractivity contribution in [3.63, 3.8) is 0 Å². The molecule has 6 heteroatoms. The third-order valence-electron chi connectivity index (χ3n) is 2.49. The van der Waals surface area contributed by atoms with E-state index in [0.717, 1.165) is 12.1 Å². The van der Waals surface area contributed by atoms with Crippen molar-refractivity contribution in [3.05, 3.63) is 35.8 Å². The lowest BCUT2D eigenvalue weighted by Gasteiger charge is -2.07. The minimum atomic E-state index is -0.210. The van der Waals surface area contributed by atoms with Crippen molar-refractivity contribution in [1.29, 1.82) is 0 Å². The topological polar surface area (TPSA) is 82.7 Å². The number of anilines is 2. The molecule has 2 aromatic rings. The van der Waals surface area contributed by atoms with Gasteiger partial charge in [0, 0.05) is 30.7 Å². The van der Waals surface area contributed by atoms with Gasteiger partial charge < -0.3 is 10.3 Å². The van der Waals surface area contributed by atoms with Gasteiger partial charge >= 0.3 is 0 Å². The van der Waals surface area contributed by atoms with Gasteiger partial charge in [-0.05, 0) is 18.6 Å². The third kappa shape index (κ3) is 2.65. The number of pyridine rings is 1. The van der Waals surface area contributed by atoms with Gasteiger partial charge in [-0.15, -0.1) is 0 Å². The summed E-state index contributed by atoms with van der Waals surface area (Å²) in [7, 11) is 1.77. The molecule has 0 saturated carbocycles. The molecule has 2 aromatic heterocycles. The molecule has 6 nitrogen and oxygen atoms in total. The highest BCUT2D eigenvalue weighted by molar-refractivity contribution is 6.03. The Morgan fingerprint density at radius 2 is 2.28 bits per heavy atom. The van der Waals surface area contributed by atoms with Crippen LogP contribution in [0.25, 0.3) is 0 Å². The van der Waals surface area contributed by atoms with Gasteiger partial charge in [0.1, 0.15) is 5.82 Å². The molecule has 18 heavy (non-hydrogen) atoms. The Labute approximate surface area is 105 Å². The van der Waals surface area contributed by atoms with Gasteiger partial charge in [0.2, 0.25) is 5.95 Å². The second kappa shape index (κ2) is 5.31. The predicted octanol–water partition coefficient (Wildman–Crippen LogP) is 1.66. The van der Waals surface area contributed by atoms with Crippen molar-refractivity contribution in [3.8, 4) is 0 Å². The highest BCUT2D eigenvalue weighted by Crippen LogP contribution is 2.12. The van der Waals surface area contributed by atoms with E-state index in [2.05, 4.69) is 25.6 Å². The number of aromatic amines is 1. The fourth-order valence-corrected chi connectivity index (χ4v) is 1.54. The van der Waals surface area contributed by atoms with Gasteiger partial charge in [0.25, 0.3) is 5.91 Å². The van der Waals surface area contributed by atoms with E-state index in [-0.39, 0.29) is 5.91 Å². The Balaban J connectivity index is 2.23. The number of H-pyrrole nitrogens is 1. The average molecular weight is 245 g/mol. The maximum absolute atomic E-state index is 12.0. The Hall–Kier alpha value is -2.37. The molecular formula is C12H15N5O. The SMILES string of the molecule is CCc1cc(C(=O)Nc2ncc[nH]2)cc(NC)n1. The van der Waals surface area contributed by atoms with Crippen LogP contribution in [0, 0.1) is 0 Å². The van der Waals surface area contributed by atoms with Crippen LogP contribution in [0.2, 0.25) is 0 Å². The lowest BCUT2D eigenvalue weighted by Crippen LogP contribution is -2.14. The molecule has 0 saturated heterocycles. The van der Waals surface area contributed by atoms with Crippen molar-refractivity contribution >= 4 is 17.7 Å². The van der Waals surface area contributed by atoms with E-state index in [1.807, 2.05) is 6.92 Å². The normalized spacial score (nSPS) is 10.1. The number of rotatable bonds is 4. The van der Waals surface area contributed by atoms with Gasteiger partial charge in [0.15, 0.2) is 0 Å². The molecule has 0 atom stereocenters. The van der Waals surface area contributed by atoms with Gasteiger partial charge in [-0.3, -0.25) is 10.1 Å². The molecule has 0 bridgehead atoms. The molecule has 0 aliphatic carbocycles. The minimum Gasteiger partial charge on any atom is -0.373 e. The molecule has 0 aliphatic rings. The largest absolute Gasteiger partial charge is 0.373 e. The second-order valence-corrected chi connectivity index (χ2v) is 3.73. The summed E-state index contributed by atoms with van der Waals surface area (Å²) in [6.45, 7) is 2.00. The summed E-state index contributed by atoms with van der Waals surface area (Å²) in [4.78, 5) is 23.1. The molecule has 0 aromatic carbocycles. The molecule has 2 heterocycles. The van der Waals surface area contributed by atoms with E-state index in [1.54, 1.807) is 31.6 Å². The number of carbonyl (C=O) groups is 1.